The van der Waals surface area contributed by atoms with Gasteiger partial charge < -0.3 is 4.90 Å². The Labute approximate surface area is 71.8 Å². The number of anilines is 1. The molecule has 0 saturated heterocycles. The molecule has 0 fully saturated rings. The minimum absolute atomic E-state index is 0.196. The highest BCUT2D eigenvalue weighted by Gasteiger charge is 2.19. The summed E-state index contributed by atoms with van der Waals surface area (Å²) in [6.45, 7) is 0. The molecular weight excluding hydrogens is 150 g/mol. The molecule has 1 aromatic carbocycles. The lowest BCUT2D eigenvalue weighted by Gasteiger charge is -2.25. The van der Waals surface area contributed by atoms with Crippen LogP contribution in [-0.2, 0) is 11.2 Å². The topological polar surface area (TPSA) is 20.3 Å². The quantitative estimate of drug-likeness (QED) is 0.561. The van der Waals surface area contributed by atoms with Crippen molar-refractivity contribution in [3.8, 4) is 0 Å². The van der Waals surface area contributed by atoms with E-state index in [0.29, 0.717) is 6.42 Å². The van der Waals surface area contributed by atoms with E-state index in [4.69, 9.17) is 0 Å². The molecule has 1 radical (unpaired) electrons. The maximum atomic E-state index is 11.3. The van der Waals surface area contributed by atoms with Crippen LogP contribution in [-0.4, -0.2) is 13.0 Å². The number of benzene rings is 1. The molecule has 12 heavy (non-hydrogen) atoms. The van der Waals surface area contributed by atoms with E-state index in [9.17, 15) is 4.79 Å². The summed E-state index contributed by atoms with van der Waals surface area (Å²) in [6, 6.07) is 8.76. The van der Waals surface area contributed by atoms with E-state index < -0.39 is 0 Å². The Morgan fingerprint density at radius 3 is 3.17 bits per heavy atom. The molecule has 1 heterocycles. The Morgan fingerprint density at radius 2 is 2.33 bits per heavy atom. The van der Waals surface area contributed by atoms with Gasteiger partial charge in [0.15, 0.2) is 0 Å². The molecule has 0 N–H and O–H groups in total. The molecule has 1 aromatic rings. The fraction of sp³-hybridized carbons (Fsp3) is 0.300. The highest BCUT2D eigenvalue weighted by molar-refractivity contribution is 5.95. The van der Waals surface area contributed by atoms with Gasteiger partial charge in [-0.1, -0.05) is 12.1 Å². The van der Waals surface area contributed by atoms with Crippen LogP contribution in [0.1, 0.15) is 12.0 Å². The van der Waals surface area contributed by atoms with Crippen molar-refractivity contribution in [3.63, 3.8) is 0 Å². The van der Waals surface area contributed by atoms with Crippen LogP contribution >= 0.6 is 0 Å². The zero-order valence-electron chi connectivity index (χ0n) is 7.00. The number of nitrogens with zero attached hydrogens (tertiary/aromatic N) is 1. The molecule has 1 amide bonds. The van der Waals surface area contributed by atoms with Gasteiger partial charge in [0.1, 0.15) is 0 Å². The lowest BCUT2D eigenvalue weighted by atomic mass is 10.0. The fourth-order valence-electron chi connectivity index (χ4n) is 1.52. The van der Waals surface area contributed by atoms with Gasteiger partial charge >= 0.3 is 0 Å². The maximum absolute atomic E-state index is 11.3. The van der Waals surface area contributed by atoms with Gasteiger partial charge in [-0.05, 0) is 24.1 Å². The van der Waals surface area contributed by atoms with Crippen molar-refractivity contribution in [2.24, 2.45) is 0 Å². The predicted octanol–water partition coefficient (Wildman–Crippen LogP) is 1.40. The zero-order chi connectivity index (χ0) is 8.55. The molecule has 0 spiro atoms. The predicted molar refractivity (Wildman–Crippen MR) is 47.0 cm³/mol. The molecule has 0 saturated carbocycles. The molecule has 2 nitrogen and oxygen atoms in total. The van der Waals surface area contributed by atoms with Crippen LogP contribution < -0.4 is 4.90 Å². The molecule has 1 aliphatic heterocycles. The van der Waals surface area contributed by atoms with Crippen LogP contribution in [0.25, 0.3) is 0 Å². The van der Waals surface area contributed by atoms with Gasteiger partial charge in [-0.15, -0.1) is 0 Å². The molecular formula is C10H10NO. The van der Waals surface area contributed by atoms with Crippen LogP contribution in [0.3, 0.4) is 0 Å². The number of hydrogen-bond acceptors (Lipinski definition) is 1. The van der Waals surface area contributed by atoms with Crippen molar-refractivity contribution in [2.75, 3.05) is 11.9 Å². The number of fused-ring (bicyclic) bond motifs is 1. The summed E-state index contributed by atoms with van der Waals surface area (Å²) in [7, 11) is 1.81. The van der Waals surface area contributed by atoms with Crippen molar-refractivity contribution in [3.05, 3.63) is 29.8 Å². The van der Waals surface area contributed by atoms with Crippen molar-refractivity contribution in [2.45, 2.75) is 12.8 Å². The van der Waals surface area contributed by atoms with E-state index in [1.807, 2.05) is 25.2 Å². The van der Waals surface area contributed by atoms with Gasteiger partial charge in [-0.25, -0.2) is 0 Å². The van der Waals surface area contributed by atoms with Crippen LogP contribution in [0.5, 0.6) is 0 Å². The van der Waals surface area contributed by atoms with Crippen molar-refractivity contribution < 1.29 is 4.79 Å². The fourth-order valence-corrected chi connectivity index (χ4v) is 1.52. The lowest BCUT2D eigenvalue weighted by molar-refractivity contribution is -0.118. The van der Waals surface area contributed by atoms with Crippen molar-refractivity contribution in [1.29, 1.82) is 0 Å². The third-order valence-corrected chi connectivity index (χ3v) is 2.27. The summed E-state index contributed by atoms with van der Waals surface area (Å²) in [5.41, 5.74) is 2.25. The smallest absolute Gasteiger partial charge is 0.227 e. The molecule has 0 unspecified atom stereocenters. The van der Waals surface area contributed by atoms with Gasteiger partial charge in [0, 0.05) is 19.2 Å². The van der Waals surface area contributed by atoms with Crippen LogP contribution in [0.4, 0.5) is 5.69 Å². The van der Waals surface area contributed by atoms with E-state index in [2.05, 4.69) is 6.07 Å². The standard InChI is InChI=1S/C10H10NO/c1-11-9-5-3-2-4-8(9)6-7-10(11)12/h2,4-5H,6-7H2,1H3. The minimum atomic E-state index is 0.196. The van der Waals surface area contributed by atoms with Crippen molar-refractivity contribution >= 4 is 11.6 Å². The largest absolute Gasteiger partial charge is 0.315 e. The average molecular weight is 160 g/mol. The van der Waals surface area contributed by atoms with E-state index in [0.717, 1.165) is 12.1 Å². The molecule has 1 aliphatic rings. The van der Waals surface area contributed by atoms with E-state index >= 15 is 0 Å². The van der Waals surface area contributed by atoms with Gasteiger partial charge in [-0.3, -0.25) is 4.79 Å². The van der Waals surface area contributed by atoms with Gasteiger partial charge in [0.2, 0.25) is 5.91 Å². The van der Waals surface area contributed by atoms with Gasteiger partial charge in [0.05, 0.1) is 0 Å². The summed E-state index contributed by atoms with van der Waals surface area (Å²) in [5.74, 6) is 0.196. The van der Waals surface area contributed by atoms with E-state index in [1.165, 1.54) is 5.56 Å². The summed E-state index contributed by atoms with van der Waals surface area (Å²) < 4.78 is 0. The first-order chi connectivity index (χ1) is 5.79. The summed E-state index contributed by atoms with van der Waals surface area (Å²) in [6.07, 6.45) is 1.50. The number of carbonyl (C=O) groups is 1. The number of aryl methyl sites for hydroxylation is 1. The van der Waals surface area contributed by atoms with Gasteiger partial charge in [0.25, 0.3) is 0 Å². The Balaban J connectivity index is 2.48. The molecule has 0 aromatic heterocycles. The third kappa shape index (κ3) is 0.998. The Bertz CT molecular complexity index is 319. The Morgan fingerprint density at radius 1 is 1.50 bits per heavy atom. The zero-order valence-corrected chi connectivity index (χ0v) is 7.00. The van der Waals surface area contributed by atoms with E-state index in [1.54, 1.807) is 4.90 Å². The second-order valence-electron chi connectivity index (χ2n) is 3.01. The first-order valence-electron chi connectivity index (χ1n) is 4.04. The molecule has 2 heteroatoms. The highest BCUT2D eigenvalue weighted by Crippen LogP contribution is 2.25. The Hall–Kier alpha value is -1.31. The van der Waals surface area contributed by atoms with E-state index in [-0.39, 0.29) is 5.91 Å². The second kappa shape index (κ2) is 2.63. The number of hydrogen-bond donors (Lipinski definition) is 0. The van der Waals surface area contributed by atoms with Crippen LogP contribution in [0.15, 0.2) is 18.2 Å². The normalized spacial score (nSPS) is 16.1. The number of carbonyl (C=O) groups excluding carboxylic acids is 1. The second-order valence-corrected chi connectivity index (χ2v) is 3.01. The lowest BCUT2D eigenvalue weighted by Crippen LogP contribution is -2.30. The molecule has 0 aliphatic carbocycles. The number of rotatable bonds is 0. The van der Waals surface area contributed by atoms with Crippen LogP contribution in [0, 0.1) is 6.07 Å². The molecule has 2 rings (SSSR count). The Kier molecular flexibility index (Phi) is 1.61. The summed E-state index contributed by atoms with van der Waals surface area (Å²) >= 11 is 0. The third-order valence-electron chi connectivity index (χ3n) is 2.27. The first kappa shape index (κ1) is 7.35. The van der Waals surface area contributed by atoms with Crippen molar-refractivity contribution in [1.82, 2.24) is 0 Å². The average Bonchev–Trinajstić information content (AvgIpc) is 2.12. The minimum Gasteiger partial charge on any atom is -0.315 e. The molecule has 0 atom stereocenters. The van der Waals surface area contributed by atoms with Gasteiger partial charge in [-0.2, -0.15) is 0 Å². The maximum Gasteiger partial charge on any atom is 0.227 e. The molecule has 61 valence electrons. The SMILES string of the molecule is CN1C(=O)CCc2cc[c]cc21. The molecule has 0 bridgehead atoms. The number of amides is 1. The summed E-state index contributed by atoms with van der Waals surface area (Å²) in [5, 5.41) is 0. The summed E-state index contributed by atoms with van der Waals surface area (Å²) in [4.78, 5) is 13.0. The highest BCUT2D eigenvalue weighted by atomic mass is 16.2. The first-order valence-corrected chi connectivity index (χ1v) is 4.04. The van der Waals surface area contributed by atoms with Crippen LogP contribution in [0.2, 0.25) is 0 Å². The monoisotopic (exact) mass is 160 g/mol.